The lowest BCUT2D eigenvalue weighted by Crippen LogP contribution is -2.17. The molecule has 7 aromatic carbocycles. The zero-order valence-corrected chi connectivity index (χ0v) is 29.2. The summed E-state index contributed by atoms with van der Waals surface area (Å²) in [5.41, 5.74) is 19.5. The number of hydrogen-bond donors (Lipinski definition) is 0. The second kappa shape index (κ2) is 10.9. The molecule has 246 valence electrons. The maximum Gasteiger partial charge on any atom is 0.139 e. The number of rotatable bonds is 3. The Balaban J connectivity index is 1.11. The van der Waals surface area contributed by atoms with E-state index >= 15 is 0 Å². The first kappa shape index (κ1) is 29.5. The lowest BCUT2D eigenvalue weighted by atomic mass is 9.73. The van der Waals surface area contributed by atoms with Crippen LogP contribution in [-0.2, 0) is 11.8 Å². The molecule has 0 spiro atoms. The molecule has 0 saturated carbocycles. The van der Waals surface area contributed by atoms with Gasteiger partial charge in [-0.25, -0.2) is 4.98 Å². The Labute approximate surface area is 303 Å². The van der Waals surface area contributed by atoms with Gasteiger partial charge in [-0.05, 0) is 86.3 Å². The summed E-state index contributed by atoms with van der Waals surface area (Å²) in [6.07, 6.45) is 0.921. The molecule has 0 saturated heterocycles. The molecule has 0 bridgehead atoms. The lowest BCUT2D eigenvalue weighted by Gasteiger charge is -2.30. The molecule has 0 N–H and O–H groups in total. The highest BCUT2D eigenvalue weighted by Crippen LogP contribution is 2.53. The first-order chi connectivity index (χ1) is 25.5. The van der Waals surface area contributed by atoms with E-state index in [4.69, 9.17) is 9.40 Å². The minimum absolute atomic E-state index is 0.0416. The molecular weight excluding hydrogens is 631 g/mol. The van der Waals surface area contributed by atoms with E-state index in [2.05, 4.69) is 172 Å². The van der Waals surface area contributed by atoms with Crippen molar-refractivity contribution in [1.82, 2.24) is 4.98 Å². The van der Waals surface area contributed by atoms with E-state index in [9.17, 15) is 0 Å². The molecule has 0 aliphatic heterocycles. The van der Waals surface area contributed by atoms with Crippen LogP contribution in [0.5, 0.6) is 0 Å². The number of aromatic nitrogens is 1. The van der Waals surface area contributed by atoms with Gasteiger partial charge in [0, 0.05) is 38.6 Å². The molecule has 0 radical (unpaired) electrons. The van der Waals surface area contributed by atoms with E-state index in [1.807, 2.05) is 0 Å². The molecule has 9 aromatic rings. The topological polar surface area (TPSA) is 26.0 Å². The SMILES string of the molecule is CC1(C)c2ccccc2-c2cc3c(cc21)CC(c1cccc2c1oc1cccc(-c4cc(-c5ccccc5)nc5ccccc45)c12)c1ccccc1-3. The van der Waals surface area contributed by atoms with Crippen LogP contribution in [0.15, 0.2) is 162 Å². The summed E-state index contributed by atoms with van der Waals surface area (Å²) in [5.74, 6) is 0.160. The van der Waals surface area contributed by atoms with Gasteiger partial charge in [-0.1, -0.05) is 147 Å². The number of furan rings is 1. The van der Waals surface area contributed by atoms with Crippen LogP contribution >= 0.6 is 0 Å². The Kier molecular flexibility index (Phi) is 6.16. The molecule has 1 unspecified atom stereocenters. The van der Waals surface area contributed by atoms with Gasteiger partial charge in [-0.3, -0.25) is 0 Å². The lowest BCUT2D eigenvalue weighted by molar-refractivity contribution is 0.650. The molecule has 1 atom stereocenters. The monoisotopic (exact) mass is 665 g/mol. The van der Waals surface area contributed by atoms with Crippen LogP contribution in [0, 0.1) is 0 Å². The molecule has 2 aliphatic carbocycles. The van der Waals surface area contributed by atoms with Crippen molar-refractivity contribution in [3.63, 3.8) is 0 Å². The molecule has 0 amide bonds. The van der Waals surface area contributed by atoms with Crippen molar-refractivity contribution in [2.24, 2.45) is 0 Å². The van der Waals surface area contributed by atoms with Crippen LogP contribution in [0.2, 0.25) is 0 Å². The maximum atomic E-state index is 6.96. The molecule has 2 heteroatoms. The fraction of sp³-hybridized carbons (Fsp3) is 0.100. The molecule has 2 aliphatic rings. The van der Waals surface area contributed by atoms with E-state index in [0.29, 0.717) is 0 Å². The molecular formula is C50H35NO. The van der Waals surface area contributed by atoms with E-state index in [0.717, 1.165) is 61.6 Å². The second-order valence-electron chi connectivity index (χ2n) is 15.0. The summed E-state index contributed by atoms with van der Waals surface area (Å²) in [6, 6.07) is 57.4. The van der Waals surface area contributed by atoms with E-state index < -0.39 is 0 Å². The van der Waals surface area contributed by atoms with Gasteiger partial charge in [-0.15, -0.1) is 0 Å². The zero-order chi connectivity index (χ0) is 34.6. The van der Waals surface area contributed by atoms with E-state index in [1.165, 1.54) is 50.1 Å². The third kappa shape index (κ3) is 4.15. The van der Waals surface area contributed by atoms with Crippen molar-refractivity contribution in [2.45, 2.75) is 31.6 Å². The van der Waals surface area contributed by atoms with Gasteiger partial charge in [0.15, 0.2) is 0 Å². The summed E-state index contributed by atoms with van der Waals surface area (Å²) >= 11 is 0. The number of nitrogens with zero attached hydrogens (tertiary/aromatic N) is 1. The van der Waals surface area contributed by atoms with Gasteiger partial charge < -0.3 is 4.42 Å². The third-order valence-corrected chi connectivity index (χ3v) is 11.9. The molecule has 2 nitrogen and oxygen atoms in total. The average Bonchev–Trinajstić information content (AvgIpc) is 3.69. The normalized spacial score (nSPS) is 15.4. The Hall–Kier alpha value is -6.25. The van der Waals surface area contributed by atoms with Crippen LogP contribution < -0.4 is 0 Å². The van der Waals surface area contributed by atoms with Crippen molar-refractivity contribution >= 4 is 32.8 Å². The molecule has 52 heavy (non-hydrogen) atoms. The number of para-hydroxylation sites is 2. The predicted octanol–water partition coefficient (Wildman–Crippen LogP) is 13.1. The Morgan fingerprint density at radius 2 is 1.25 bits per heavy atom. The molecule has 0 fully saturated rings. The van der Waals surface area contributed by atoms with E-state index in [-0.39, 0.29) is 11.3 Å². The van der Waals surface area contributed by atoms with Crippen molar-refractivity contribution in [1.29, 1.82) is 0 Å². The fourth-order valence-corrected chi connectivity index (χ4v) is 9.39. The van der Waals surface area contributed by atoms with Gasteiger partial charge in [-0.2, -0.15) is 0 Å². The van der Waals surface area contributed by atoms with E-state index in [1.54, 1.807) is 0 Å². The summed E-state index contributed by atoms with van der Waals surface area (Å²) in [7, 11) is 0. The van der Waals surface area contributed by atoms with Gasteiger partial charge in [0.1, 0.15) is 11.2 Å². The quantitative estimate of drug-likeness (QED) is 0.188. The van der Waals surface area contributed by atoms with Crippen molar-refractivity contribution in [3.8, 4) is 44.6 Å². The molecule has 2 aromatic heterocycles. The fourth-order valence-electron chi connectivity index (χ4n) is 9.39. The Morgan fingerprint density at radius 1 is 0.538 bits per heavy atom. The second-order valence-corrected chi connectivity index (χ2v) is 15.0. The highest BCUT2D eigenvalue weighted by Gasteiger charge is 2.38. The van der Waals surface area contributed by atoms with Crippen LogP contribution in [0.25, 0.3) is 77.5 Å². The minimum atomic E-state index is -0.0416. The number of pyridine rings is 1. The van der Waals surface area contributed by atoms with Crippen molar-refractivity contribution < 1.29 is 4.42 Å². The average molecular weight is 666 g/mol. The summed E-state index contributed by atoms with van der Waals surface area (Å²) in [4.78, 5) is 5.10. The number of benzene rings is 7. The highest BCUT2D eigenvalue weighted by atomic mass is 16.3. The summed E-state index contributed by atoms with van der Waals surface area (Å²) < 4.78 is 6.96. The van der Waals surface area contributed by atoms with Crippen LogP contribution in [0.4, 0.5) is 0 Å². The van der Waals surface area contributed by atoms with Gasteiger partial charge >= 0.3 is 0 Å². The zero-order valence-electron chi connectivity index (χ0n) is 29.2. The standard InChI is InChI=1S/C50H35NO/c1-50(2)43-23-10-8-18-34(43)42-28-39-31(27-44(42)50)26-40(33-17-7-6-16-32(33)39)37-21-12-22-38-48-36(20-13-25-47(48)52-49(37)38)41-29-46(30-14-4-3-5-15-30)51-45-24-11-9-19-35(41)45/h3-25,27-29,40H,26H2,1-2H3. The minimum Gasteiger partial charge on any atom is -0.456 e. The largest absolute Gasteiger partial charge is 0.456 e. The number of hydrogen-bond acceptors (Lipinski definition) is 2. The first-order valence-corrected chi connectivity index (χ1v) is 18.3. The van der Waals surface area contributed by atoms with Crippen molar-refractivity contribution in [2.75, 3.05) is 0 Å². The van der Waals surface area contributed by atoms with Gasteiger partial charge in [0.2, 0.25) is 0 Å². The highest BCUT2D eigenvalue weighted by molar-refractivity contribution is 6.16. The van der Waals surface area contributed by atoms with Crippen molar-refractivity contribution in [3.05, 3.63) is 186 Å². The maximum absolute atomic E-state index is 6.96. The predicted molar refractivity (Wildman–Crippen MR) is 215 cm³/mol. The van der Waals surface area contributed by atoms with Crippen LogP contribution in [-0.4, -0.2) is 4.98 Å². The van der Waals surface area contributed by atoms with Gasteiger partial charge in [0.25, 0.3) is 0 Å². The van der Waals surface area contributed by atoms with Crippen LogP contribution in [0.3, 0.4) is 0 Å². The van der Waals surface area contributed by atoms with Crippen LogP contribution in [0.1, 0.15) is 47.6 Å². The summed E-state index contributed by atoms with van der Waals surface area (Å²) in [5, 5.41) is 3.44. The molecule has 11 rings (SSSR count). The molecule has 2 heterocycles. The Morgan fingerprint density at radius 3 is 2.15 bits per heavy atom. The third-order valence-electron chi connectivity index (χ3n) is 11.9. The van der Waals surface area contributed by atoms with Gasteiger partial charge in [0.05, 0.1) is 11.2 Å². The Bertz CT molecular complexity index is 2910. The number of fused-ring (bicyclic) bond motifs is 10. The first-order valence-electron chi connectivity index (χ1n) is 18.3. The smallest absolute Gasteiger partial charge is 0.139 e. The summed E-state index contributed by atoms with van der Waals surface area (Å²) in [6.45, 7) is 4.75.